The molecule has 0 amide bonds. The lowest BCUT2D eigenvalue weighted by atomic mass is 10.1. The lowest BCUT2D eigenvalue weighted by Gasteiger charge is -2.29. The molecule has 1 fully saturated rings. The van der Waals surface area contributed by atoms with Crippen LogP contribution in [0.15, 0.2) is 18.2 Å². The lowest BCUT2D eigenvalue weighted by molar-refractivity contribution is 0.566. The van der Waals surface area contributed by atoms with Crippen molar-refractivity contribution in [2.24, 2.45) is 0 Å². The maximum absolute atomic E-state index is 13.6. The molecule has 0 spiro atoms. The third-order valence-corrected chi connectivity index (χ3v) is 2.75. The first-order valence-corrected chi connectivity index (χ1v) is 5.42. The molecule has 0 atom stereocenters. The second kappa shape index (κ2) is 4.95. The third-order valence-electron chi connectivity index (χ3n) is 2.75. The summed E-state index contributed by atoms with van der Waals surface area (Å²) in [6.07, 6.45) is 0.333. The molecule has 1 aliphatic heterocycles. The highest BCUT2D eigenvalue weighted by molar-refractivity contribution is 5.51. The Labute approximate surface area is 94.5 Å². The second-order valence-corrected chi connectivity index (χ2v) is 3.86. The van der Waals surface area contributed by atoms with E-state index in [-0.39, 0.29) is 5.82 Å². The van der Waals surface area contributed by atoms with Gasteiger partial charge >= 0.3 is 0 Å². The molecular weight excluding hydrogens is 205 g/mol. The highest BCUT2D eigenvalue weighted by atomic mass is 19.1. The maximum atomic E-state index is 13.6. The van der Waals surface area contributed by atoms with Gasteiger partial charge in [-0.2, -0.15) is 5.26 Å². The quantitative estimate of drug-likeness (QED) is 0.815. The molecule has 0 aromatic heterocycles. The van der Waals surface area contributed by atoms with Crippen LogP contribution in [0.5, 0.6) is 0 Å². The Morgan fingerprint density at radius 2 is 2.12 bits per heavy atom. The Bertz CT molecular complexity index is 405. The standard InChI is InChI=1S/C12H14FN3/c13-11-2-1-10(3-4-14)9-12(11)16-7-5-15-6-8-16/h1-2,9,15H,3,5-8H2. The van der Waals surface area contributed by atoms with Crippen molar-refractivity contribution in [1.29, 1.82) is 5.26 Å². The number of benzene rings is 1. The van der Waals surface area contributed by atoms with E-state index in [2.05, 4.69) is 11.4 Å². The molecule has 16 heavy (non-hydrogen) atoms. The van der Waals surface area contributed by atoms with Gasteiger partial charge < -0.3 is 10.2 Å². The SMILES string of the molecule is N#CCc1ccc(F)c(N2CCNCC2)c1. The zero-order valence-corrected chi connectivity index (χ0v) is 9.04. The van der Waals surface area contributed by atoms with Crippen molar-refractivity contribution in [2.75, 3.05) is 31.1 Å². The molecule has 0 saturated carbocycles. The molecule has 84 valence electrons. The first-order chi connectivity index (χ1) is 7.81. The molecule has 0 bridgehead atoms. The van der Waals surface area contributed by atoms with Gasteiger partial charge in [-0.3, -0.25) is 0 Å². The van der Waals surface area contributed by atoms with E-state index in [1.165, 1.54) is 6.07 Å². The summed E-state index contributed by atoms with van der Waals surface area (Å²) < 4.78 is 13.6. The van der Waals surface area contributed by atoms with Gasteiger partial charge in [0, 0.05) is 26.2 Å². The van der Waals surface area contributed by atoms with Gasteiger partial charge in [-0.05, 0) is 17.7 Å². The minimum atomic E-state index is -0.205. The van der Waals surface area contributed by atoms with Crippen LogP contribution in [0.3, 0.4) is 0 Å². The highest BCUT2D eigenvalue weighted by Gasteiger charge is 2.14. The van der Waals surface area contributed by atoms with Crippen molar-refractivity contribution in [3.8, 4) is 6.07 Å². The zero-order valence-electron chi connectivity index (χ0n) is 9.04. The summed E-state index contributed by atoms with van der Waals surface area (Å²) >= 11 is 0. The van der Waals surface area contributed by atoms with Crippen molar-refractivity contribution in [1.82, 2.24) is 5.32 Å². The summed E-state index contributed by atoms with van der Waals surface area (Å²) in [5.41, 5.74) is 1.49. The van der Waals surface area contributed by atoms with Gasteiger partial charge in [-0.15, -0.1) is 0 Å². The summed E-state index contributed by atoms with van der Waals surface area (Å²) in [6.45, 7) is 3.38. The van der Waals surface area contributed by atoms with Gasteiger partial charge in [-0.1, -0.05) is 6.07 Å². The Hall–Kier alpha value is -1.60. The summed E-state index contributed by atoms with van der Waals surface area (Å²) in [7, 11) is 0. The van der Waals surface area contributed by atoms with Crippen LogP contribution in [0.1, 0.15) is 5.56 Å². The fourth-order valence-electron chi connectivity index (χ4n) is 1.91. The van der Waals surface area contributed by atoms with E-state index in [0.29, 0.717) is 12.1 Å². The number of anilines is 1. The molecule has 0 radical (unpaired) electrons. The molecule has 0 aliphatic carbocycles. The first kappa shape index (κ1) is 10.9. The number of rotatable bonds is 2. The minimum absolute atomic E-state index is 0.205. The normalized spacial score (nSPS) is 15.9. The van der Waals surface area contributed by atoms with Crippen LogP contribution >= 0.6 is 0 Å². The number of hydrogen-bond donors (Lipinski definition) is 1. The predicted octanol–water partition coefficient (Wildman–Crippen LogP) is 1.30. The molecule has 2 rings (SSSR count). The minimum Gasteiger partial charge on any atom is -0.367 e. The molecule has 1 aromatic rings. The van der Waals surface area contributed by atoms with Crippen LogP contribution in [0.4, 0.5) is 10.1 Å². The van der Waals surface area contributed by atoms with Crippen LogP contribution in [0.25, 0.3) is 0 Å². The van der Waals surface area contributed by atoms with Crippen molar-refractivity contribution in [3.63, 3.8) is 0 Å². The Kier molecular flexibility index (Phi) is 3.37. The molecule has 1 saturated heterocycles. The van der Waals surface area contributed by atoms with Crippen molar-refractivity contribution in [2.45, 2.75) is 6.42 Å². The molecule has 0 unspecified atom stereocenters. The largest absolute Gasteiger partial charge is 0.367 e. The first-order valence-electron chi connectivity index (χ1n) is 5.42. The number of halogens is 1. The third kappa shape index (κ3) is 2.31. The van der Waals surface area contributed by atoms with E-state index in [0.717, 1.165) is 31.7 Å². The summed E-state index contributed by atoms with van der Waals surface area (Å²) in [5, 5.41) is 11.9. The highest BCUT2D eigenvalue weighted by Crippen LogP contribution is 2.21. The van der Waals surface area contributed by atoms with E-state index in [9.17, 15) is 4.39 Å². The van der Waals surface area contributed by atoms with Gasteiger partial charge in [0.05, 0.1) is 18.2 Å². The summed E-state index contributed by atoms with van der Waals surface area (Å²) in [4.78, 5) is 2.02. The van der Waals surface area contributed by atoms with Crippen molar-refractivity contribution in [3.05, 3.63) is 29.6 Å². The monoisotopic (exact) mass is 219 g/mol. The fourth-order valence-corrected chi connectivity index (χ4v) is 1.91. The molecule has 1 aromatic carbocycles. The van der Waals surface area contributed by atoms with Gasteiger partial charge in [0.1, 0.15) is 5.82 Å². The van der Waals surface area contributed by atoms with E-state index < -0.39 is 0 Å². The molecule has 3 nitrogen and oxygen atoms in total. The van der Waals surface area contributed by atoms with Crippen LogP contribution in [0, 0.1) is 17.1 Å². The van der Waals surface area contributed by atoms with Crippen LogP contribution in [-0.4, -0.2) is 26.2 Å². The van der Waals surface area contributed by atoms with Gasteiger partial charge in [0.15, 0.2) is 0 Å². The van der Waals surface area contributed by atoms with Crippen molar-refractivity contribution >= 4 is 5.69 Å². The summed E-state index contributed by atoms with van der Waals surface area (Å²) in [6, 6.07) is 6.98. The van der Waals surface area contributed by atoms with E-state index in [1.807, 2.05) is 4.90 Å². The van der Waals surface area contributed by atoms with Gasteiger partial charge in [-0.25, -0.2) is 4.39 Å². The number of hydrogen-bond acceptors (Lipinski definition) is 3. The number of nitrogens with zero attached hydrogens (tertiary/aromatic N) is 2. The lowest BCUT2D eigenvalue weighted by Crippen LogP contribution is -2.43. The maximum Gasteiger partial charge on any atom is 0.146 e. The number of piperazine rings is 1. The van der Waals surface area contributed by atoms with E-state index >= 15 is 0 Å². The van der Waals surface area contributed by atoms with Crippen molar-refractivity contribution < 1.29 is 4.39 Å². The number of nitrogens with one attached hydrogen (secondary N) is 1. The Balaban J connectivity index is 2.24. The molecule has 1 heterocycles. The van der Waals surface area contributed by atoms with Gasteiger partial charge in [0.2, 0.25) is 0 Å². The fraction of sp³-hybridized carbons (Fsp3) is 0.417. The number of nitriles is 1. The Morgan fingerprint density at radius 1 is 1.38 bits per heavy atom. The van der Waals surface area contributed by atoms with Crippen LogP contribution < -0.4 is 10.2 Å². The van der Waals surface area contributed by atoms with E-state index in [4.69, 9.17) is 5.26 Å². The van der Waals surface area contributed by atoms with Crippen LogP contribution in [0.2, 0.25) is 0 Å². The molecule has 1 N–H and O–H groups in total. The topological polar surface area (TPSA) is 39.1 Å². The molecular formula is C12H14FN3. The Morgan fingerprint density at radius 3 is 2.81 bits per heavy atom. The average molecular weight is 219 g/mol. The summed E-state index contributed by atoms with van der Waals surface area (Å²) in [5.74, 6) is -0.205. The average Bonchev–Trinajstić information content (AvgIpc) is 2.33. The molecule has 4 heteroatoms. The van der Waals surface area contributed by atoms with Crippen LogP contribution in [-0.2, 0) is 6.42 Å². The second-order valence-electron chi connectivity index (χ2n) is 3.86. The zero-order chi connectivity index (χ0) is 11.4. The molecule has 1 aliphatic rings. The van der Waals surface area contributed by atoms with E-state index in [1.54, 1.807) is 12.1 Å². The van der Waals surface area contributed by atoms with Gasteiger partial charge in [0.25, 0.3) is 0 Å². The predicted molar refractivity (Wildman–Crippen MR) is 60.8 cm³/mol. The smallest absolute Gasteiger partial charge is 0.146 e.